The first-order valence-electron chi connectivity index (χ1n) is 10.5. The molecule has 0 heterocycles. The minimum absolute atomic E-state index is 0.0394. The third-order valence-corrected chi connectivity index (χ3v) is 6.02. The molecule has 150 valence electrons. The fraction of sp³-hybridized carbons (Fsp3) is 0.652. The molecular weight excluding hydrogens is 336 g/mol. The van der Waals surface area contributed by atoms with Gasteiger partial charge in [-0.15, -0.1) is 0 Å². The van der Waals surface area contributed by atoms with Crippen LogP contribution in [0.2, 0.25) is 0 Å². The Bertz CT molecular complexity index is 616. The van der Waals surface area contributed by atoms with E-state index in [2.05, 4.69) is 38.3 Å². The summed E-state index contributed by atoms with van der Waals surface area (Å²) in [6.45, 7) is 10.6. The molecule has 2 N–H and O–H groups in total. The average molecular weight is 373 g/mol. The van der Waals surface area contributed by atoms with Gasteiger partial charge in [-0.2, -0.15) is 0 Å². The van der Waals surface area contributed by atoms with Crippen LogP contribution in [0.4, 0.5) is 5.69 Å². The molecule has 2 rings (SSSR count). The molecule has 2 amide bonds. The number of rotatable bonds is 7. The van der Waals surface area contributed by atoms with E-state index in [1.807, 2.05) is 31.2 Å². The van der Waals surface area contributed by atoms with Crippen LogP contribution in [-0.2, 0) is 9.59 Å². The maximum Gasteiger partial charge on any atom is 0.247 e. The summed E-state index contributed by atoms with van der Waals surface area (Å²) in [6, 6.07) is 7.46. The maximum absolute atomic E-state index is 12.9. The van der Waals surface area contributed by atoms with Gasteiger partial charge in [-0.05, 0) is 61.1 Å². The molecule has 1 fully saturated rings. The standard InChI is InChI=1S/C23H36N2O2/c1-6-17(5)21(25-22(26)19-9-7-16(4)8-10-19)23(27)24-20-13-11-18(12-14-20)15(2)3/h11-17,19,21H,6-10H2,1-5H3,(H,24,27)(H,25,26)/t16?,17-,19?,21-/m0/s1. The minimum Gasteiger partial charge on any atom is -0.344 e. The van der Waals surface area contributed by atoms with Gasteiger partial charge >= 0.3 is 0 Å². The summed E-state index contributed by atoms with van der Waals surface area (Å²) in [5.74, 6) is 1.21. The molecule has 0 spiro atoms. The van der Waals surface area contributed by atoms with Gasteiger partial charge in [0.25, 0.3) is 0 Å². The van der Waals surface area contributed by atoms with Gasteiger partial charge in [0.15, 0.2) is 0 Å². The van der Waals surface area contributed by atoms with Crippen molar-refractivity contribution in [3.63, 3.8) is 0 Å². The van der Waals surface area contributed by atoms with E-state index in [4.69, 9.17) is 0 Å². The first-order chi connectivity index (χ1) is 12.8. The van der Waals surface area contributed by atoms with Crippen molar-refractivity contribution < 1.29 is 9.59 Å². The summed E-state index contributed by atoms with van der Waals surface area (Å²) in [6.07, 6.45) is 4.89. The van der Waals surface area contributed by atoms with E-state index in [9.17, 15) is 9.59 Å². The third kappa shape index (κ3) is 6.08. The predicted molar refractivity (Wildman–Crippen MR) is 112 cm³/mol. The topological polar surface area (TPSA) is 58.2 Å². The Morgan fingerprint density at radius 2 is 1.63 bits per heavy atom. The lowest BCUT2D eigenvalue weighted by Gasteiger charge is -2.29. The molecule has 0 saturated heterocycles. The van der Waals surface area contributed by atoms with Gasteiger partial charge in [-0.1, -0.05) is 53.2 Å². The molecule has 1 aliphatic carbocycles. The Morgan fingerprint density at radius 1 is 1.04 bits per heavy atom. The number of hydrogen-bond acceptors (Lipinski definition) is 2. The molecule has 0 aromatic heterocycles. The van der Waals surface area contributed by atoms with Crippen molar-refractivity contribution in [1.29, 1.82) is 0 Å². The largest absolute Gasteiger partial charge is 0.344 e. The van der Waals surface area contributed by atoms with Crippen molar-refractivity contribution in [1.82, 2.24) is 5.32 Å². The fourth-order valence-corrected chi connectivity index (χ4v) is 3.67. The van der Waals surface area contributed by atoms with Crippen LogP contribution < -0.4 is 10.6 Å². The Labute approximate surface area is 164 Å². The van der Waals surface area contributed by atoms with Crippen molar-refractivity contribution in [2.24, 2.45) is 17.8 Å². The van der Waals surface area contributed by atoms with E-state index in [-0.39, 0.29) is 23.7 Å². The number of hydrogen-bond donors (Lipinski definition) is 2. The molecular formula is C23H36N2O2. The van der Waals surface area contributed by atoms with Gasteiger partial charge in [0, 0.05) is 11.6 Å². The van der Waals surface area contributed by atoms with Crippen LogP contribution in [0.25, 0.3) is 0 Å². The van der Waals surface area contributed by atoms with Crippen LogP contribution in [0.3, 0.4) is 0 Å². The minimum atomic E-state index is -0.494. The lowest BCUT2D eigenvalue weighted by Crippen LogP contribution is -2.49. The van der Waals surface area contributed by atoms with Crippen LogP contribution in [0.1, 0.15) is 78.2 Å². The Morgan fingerprint density at radius 3 is 2.15 bits per heavy atom. The molecule has 1 aromatic carbocycles. The predicted octanol–water partition coefficient (Wildman–Crippen LogP) is 5.11. The fourth-order valence-electron chi connectivity index (χ4n) is 3.67. The molecule has 1 saturated carbocycles. The average Bonchev–Trinajstić information content (AvgIpc) is 2.66. The van der Waals surface area contributed by atoms with E-state index >= 15 is 0 Å². The summed E-state index contributed by atoms with van der Waals surface area (Å²) in [5.41, 5.74) is 2.02. The molecule has 0 aliphatic heterocycles. The monoisotopic (exact) mass is 372 g/mol. The summed E-state index contributed by atoms with van der Waals surface area (Å²) in [5, 5.41) is 6.04. The summed E-state index contributed by atoms with van der Waals surface area (Å²) < 4.78 is 0. The number of anilines is 1. The van der Waals surface area contributed by atoms with E-state index < -0.39 is 6.04 Å². The molecule has 27 heavy (non-hydrogen) atoms. The highest BCUT2D eigenvalue weighted by molar-refractivity contribution is 5.97. The van der Waals surface area contributed by atoms with Crippen LogP contribution in [0.5, 0.6) is 0 Å². The van der Waals surface area contributed by atoms with E-state index in [0.29, 0.717) is 11.8 Å². The van der Waals surface area contributed by atoms with E-state index in [1.165, 1.54) is 5.56 Å². The molecule has 2 atom stereocenters. The van der Waals surface area contributed by atoms with Crippen molar-refractivity contribution >= 4 is 17.5 Å². The quantitative estimate of drug-likeness (QED) is 0.699. The number of benzene rings is 1. The molecule has 4 heteroatoms. The SMILES string of the molecule is CC[C@H](C)[C@H](NC(=O)C1CCC(C)CC1)C(=O)Nc1ccc(C(C)C)cc1. The highest BCUT2D eigenvalue weighted by Crippen LogP contribution is 2.28. The molecule has 4 nitrogen and oxygen atoms in total. The third-order valence-electron chi connectivity index (χ3n) is 6.02. The molecule has 1 aromatic rings. The van der Waals surface area contributed by atoms with Gasteiger partial charge in [0.05, 0.1) is 0 Å². The van der Waals surface area contributed by atoms with E-state index in [0.717, 1.165) is 37.8 Å². The molecule has 0 unspecified atom stereocenters. The van der Waals surface area contributed by atoms with Crippen molar-refractivity contribution in [3.8, 4) is 0 Å². The van der Waals surface area contributed by atoms with Crippen molar-refractivity contribution in [3.05, 3.63) is 29.8 Å². The van der Waals surface area contributed by atoms with Gasteiger partial charge in [0.2, 0.25) is 11.8 Å². The lowest BCUT2D eigenvalue weighted by atomic mass is 9.82. The summed E-state index contributed by atoms with van der Waals surface area (Å²) >= 11 is 0. The number of carbonyl (C=O) groups excluding carboxylic acids is 2. The van der Waals surface area contributed by atoms with Gasteiger partial charge < -0.3 is 10.6 Å². The molecule has 1 aliphatic rings. The second-order valence-corrected chi connectivity index (χ2v) is 8.59. The highest BCUT2D eigenvalue weighted by Gasteiger charge is 2.30. The highest BCUT2D eigenvalue weighted by atomic mass is 16.2. The maximum atomic E-state index is 12.9. The molecule has 0 radical (unpaired) electrons. The zero-order valence-corrected chi connectivity index (χ0v) is 17.5. The van der Waals surface area contributed by atoms with Crippen LogP contribution in [-0.4, -0.2) is 17.9 Å². The first kappa shape index (κ1) is 21.5. The van der Waals surface area contributed by atoms with Gasteiger partial charge in [-0.3, -0.25) is 9.59 Å². The second kappa shape index (κ2) is 9.91. The van der Waals surface area contributed by atoms with Crippen LogP contribution >= 0.6 is 0 Å². The Kier molecular flexibility index (Phi) is 7.88. The van der Waals surface area contributed by atoms with Crippen LogP contribution in [0, 0.1) is 17.8 Å². The number of amides is 2. The first-order valence-corrected chi connectivity index (χ1v) is 10.5. The van der Waals surface area contributed by atoms with Gasteiger partial charge in [0.1, 0.15) is 6.04 Å². The number of carbonyl (C=O) groups is 2. The smallest absolute Gasteiger partial charge is 0.247 e. The second-order valence-electron chi connectivity index (χ2n) is 8.59. The summed E-state index contributed by atoms with van der Waals surface area (Å²) in [7, 11) is 0. The Balaban J connectivity index is 2.01. The lowest BCUT2D eigenvalue weighted by molar-refractivity contribution is -0.131. The normalized spacial score (nSPS) is 22.1. The zero-order chi connectivity index (χ0) is 20.0. The molecule has 0 bridgehead atoms. The summed E-state index contributed by atoms with van der Waals surface area (Å²) in [4.78, 5) is 25.6. The van der Waals surface area contributed by atoms with Crippen molar-refractivity contribution in [2.75, 3.05) is 5.32 Å². The zero-order valence-electron chi connectivity index (χ0n) is 17.5. The Hall–Kier alpha value is -1.84. The number of nitrogens with one attached hydrogen (secondary N) is 2. The van der Waals surface area contributed by atoms with Crippen molar-refractivity contribution in [2.45, 2.75) is 78.7 Å². The van der Waals surface area contributed by atoms with E-state index in [1.54, 1.807) is 0 Å². The van der Waals surface area contributed by atoms with Gasteiger partial charge in [-0.25, -0.2) is 0 Å². The van der Waals surface area contributed by atoms with Crippen LogP contribution in [0.15, 0.2) is 24.3 Å².